The summed E-state index contributed by atoms with van der Waals surface area (Å²) >= 11 is 0. The van der Waals surface area contributed by atoms with E-state index in [1.54, 1.807) is 0 Å². The van der Waals surface area contributed by atoms with Crippen molar-refractivity contribution in [2.45, 2.75) is 25.3 Å². The van der Waals surface area contributed by atoms with Gasteiger partial charge < -0.3 is 15.0 Å². The molecule has 25 heavy (non-hydrogen) atoms. The summed E-state index contributed by atoms with van der Waals surface area (Å²) in [4.78, 5) is 15.4. The minimum Gasteiger partial charge on any atom is -0.457 e. The summed E-state index contributed by atoms with van der Waals surface area (Å²) in [5.74, 6) is 2.14. The number of nitrogens with zero attached hydrogens (tertiary/aromatic N) is 1. The lowest BCUT2D eigenvalue weighted by atomic mass is 10.1. The minimum absolute atomic E-state index is 0.0899. The van der Waals surface area contributed by atoms with Crippen LogP contribution >= 0.6 is 0 Å². The van der Waals surface area contributed by atoms with Crippen LogP contribution in [0.25, 0.3) is 0 Å². The molecule has 1 saturated carbocycles. The molecule has 1 unspecified atom stereocenters. The summed E-state index contributed by atoms with van der Waals surface area (Å²) in [6.07, 6.45) is 3.51. The second kappa shape index (κ2) is 7.28. The van der Waals surface area contributed by atoms with E-state index in [1.807, 2.05) is 54.6 Å². The number of nitrogens with one attached hydrogen (secondary N) is 1. The number of benzene rings is 2. The van der Waals surface area contributed by atoms with Gasteiger partial charge >= 0.3 is 0 Å². The monoisotopic (exact) mass is 336 g/mol. The van der Waals surface area contributed by atoms with Crippen molar-refractivity contribution in [2.24, 2.45) is 5.92 Å². The van der Waals surface area contributed by atoms with E-state index in [0.29, 0.717) is 17.2 Å². The van der Waals surface area contributed by atoms with E-state index in [0.717, 1.165) is 31.8 Å². The molecule has 1 N–H and O–H groups in total. The van der Waals surface area contributed by atoms with Crippen molar-refractivity contribution >= 4 is 5.91 Å². The first-order chi connectivity index (χ1) is 12.3. The van der Waals surface area contributed by atoms with Crippen LogP contribution in [0.15, 0.2) is 54.6 Å². The lowest BCUT2D eigenvalue weighted by Gasteiger charge is -2.29. The Balaban J connectivity index is 1.59. The second-order valence-electron chi connectivity index (χ2n) is 6.96. The Morgan fingerprint density at radius 2 is 1.80 bits per heavy atom. The summed E-state index contributed by atoms with van der Waals surface area (Å²) in [5.41, 5.74) is 0.652. The van der Waals surface area contributed by atoms with Crippen molar-refractivity contribution in [1.82, 2.24) is 10.2 Å². The fourth-order valence-corrected chi connectivity index (χ4v) is 3.38. The van der Waals surface area contributed by atoms with Gasteiger partial charge in [-0.05, 0) is 56.0 Å². The normalized spacial score (nSPS) is 19.6. The summed E-state index contributed by atoms with van der Waals surface area (Å²) in [6, 6.07) is 17.5. The van der Waals surface area contributed by atoms with Gasteiger partial charge in [-0.2, -0.15) is 0 Å². The summed E-state index contributed by atoms with van der Waals surface area (Å²) < 4.78 is 6.00. The van der Waals surface area contributed by atoms with Crippen LogP contribution in [0.1, 0.15) is 29.6 Å². The molecule has 0 bridgehead atoms. The van der Waals surface area contributed by atoms with Gasteiger partial charge in [-0.1, -0.05) is 30.3 Å². The maximum atomic E-state index is 13.3. The average molecular weight is 336 g/mol. The van der Waals surface area contributed by atoms with Gasteiger partial charge in [0.25, 0.3) is 5.91 Å². The van der Waals surface area contributed by atoms with E-state index in [2.05, 4.69) is 10.2 Å². The van der Waals surface area contributed by atoms with Crippen molar-refractivity contribution in [3.8, 4) is 11.5 Å². The highest BCUT2D eigenvalue weighted by Gasteiger charge is 2.33. The van der Waals surface area contributed by atoms with Crippen LogP contribution in [0.4, 0.5) is 0 Å². The summed E-state index contributed by atoms with van der Waals surface area (Å²) in [7, 11) is 0. The maximum Gasteiger partial charge on any atom is 0.257 e. The van der Waals surface area contributed by atoms with Crippen LogP contribution in [0.2, 0.25) is 0 Å². The SMILES string of the molecule is O=C(c1ccccc1Oc1ccccc1)N(CC1CC1)C1CCNC1. The molecular formula is C21H24N2O2. The molecule has 2 aliphatic rings. The zero-order valence-electron chi connectivity index (χ0n) is 14.4. The number of ether oxygens (including phenoxy) is 1. The molecule has 130 valence electrons. The Labute approximate surface area is 148 Å². The number of hydrogen-bond donors (Lipinski definition) is 1. The Kier molecular flexibility index (Phi) is 4.70. The van der Waals surface area contributed by atoms with E-state index >= 15 is 0 Å². The van der Waals surface area contributed by atoms with Crippen molar-refractivity contribution in [3.63, 3.8) is 0 Å². The first kappa shape index (κ1) is 16.2. The first-order valence-electron chi connectivity index (χ1n) is 9.15. The number of hydrogen-bond acceptors (Lipinski definition) is 3. The quantitative estimate of drug-likeness (QED) is 0.875. The van der Waals surface area contributed by atoms with Crippen molar-refractivity contribution in [3.05, 3.63) is 60.2 Å². The van der Waals surface area contributed by atoms with Crippen LogP contribution in [0.5, 0.6) is 11.5 Å². The molecular weight excluding hydrogens is 312 g/mol. The van der Waals surface area contributed by atoms with Gasteiger partial charge in [-0.3, -0.25) is 4.79 Å². The lowest BCUT2D eigenvalue weighted by Crippen LogP contribution is -2.43. The topological polar surface area (TPSA) is 41.6 Å². The standard InChI is InChI=1S/C21H24N2O2/c24-21(23(15-16-10-11-16)17-12-13-22-14-17)19-8-4-5-9-20(19)25-18-6-2-1-3-7-18/h1-9,16-17,22H,10-15H2. The molecule has 1 saturated heterocycles. The largest absolute Gasteiger partial charge is 0.457 e. The van der Waals surface area contributed by atoms with Crippen LogP contribution in [0.3, 0.4) is 0 Å². The van der Waals surface area contributed by atoms with E-state index in [4.69, 9.17) is 4.74 Å². The lowest BCUT2D eigenvalue weighted by molar-refractivity contribution is 0.0679. The second-order valence-corrected chi connectivity index (χ2v) is 6.96. The molecule has 4 nitrogen and oxygen atoms in total. The summed E-state index contributed by atoms with van der Waals surface area (Å²) in [5, 5.41) is 3.38. The summed E-state index contributed by atoms with van der Waals surface area (Å²) in [6.45, 7) is 2.74. The molecule has 2 aromatic carbocycles. The van der Waals surface area contributed by atoms with Crippen molar-refractivity contribution in [2.75, 3.05) is 19.6 Å². The molecule has 1 aliphatic carbocycles. The highest BCUT2D eigenvalue weighted by Crippen LogP contribution is 2.33. The fraction of sp³-hybridized carbons (Fsp3) is 0.381. The molecule has 1 amide bonds. The molecule has 1 aliphatic heterocycles. The molecule has 0 spiro atoms. The Morgan fingerprint density at radius 3 is 2.52 bits per heavy atom. The third kappa shape index (κ3) is 3.85. The van der Waals surface area contributed by atoms with Crippen LogP contribution < -0.4 is 10.1 Å². The van der Waals surface area contributed by atoms with Crippen LogP contribution in [0, 0.1) is 5.92 Å². The number of amides is 1. The number of carbonyl (C=O) groups excluding carboxylic acids is 1. The molecule has 2 aromatic rings. The molecule has 1 atom stereocenters. The molecule has 4 heteroatoms. The van der Waals surface area contributed by atoms with Gasteiger partial charge in [0.15, 0.2) is 0 Å². The smallest absolute Gasteiger partial charge is 0.257 e. The Morgan fingerprint density at radius 1 is 1.04 bits per heavy atom. The van der Waals surface area contributed by atoms with Gasteiger partial charge in [0, 0.05) is 19.1 Å². The molecule has 1 heterocycles. The van der Waals surface area contributed by atoms with Gasteiger partial charge in [0.05, 0.1) is 5.56 Å². The first-order valence-corrected chi connectivity index (χ1v) is 9.15. The van der Waals surface area contributed by atoms with Crippen LogP contribution in [-0.2, 0) is 0 Å². The number of para-hydroxylation sites is 2. The predicted molar refractivity (Wildman–Crippen MR) is 98.0 cm³/mol. The van der Waals surface area contributed by atoms with Crippen molar-refractivity contribution in [1.29, 1.82) is 0 Å². The van der Waals surface area contributed by atoms with Crippen LogP contribution in [-0.4, -0.2) is 36.5 Å². The third-order valence-corrected chi connectivity index (χ3v) is 4.98. The Bertz CT molecular complexity index is 722. The van der Waals surface area contributed by atoms with Crippen molar-refractivity contribution < 1.29 is 9.53 Å². The van der Waals surface area contributed by atoms with E-state index in [-0.39, 0.29) is 11.9 Å². The fourth-order valence-electron chi connectivity index (χ4n) is 3.38. The van der Waals surface area contributed by atoms with E-state index in [1.165, 1.54) is 12.8 Å². The minimum atomic E-state index is 0.0899. The zero-order valence-corrected chi connectivity index (χ0v) is 14.4. The maximum absolute atomic E-state index is 13.3. The van der Waals surface area contributed by atoms with E-state index < -0.39 is 0 Å². The third-order valence-electron chi connectivity index (χ3n) is 4.98. The highest BCUT2D eigenvalue weighted by atomic mass is 16.5. The predicted octanol–water partition coefficient (Wildman–Crippen LogP) is 3.69. The van der Waals surface area contributed by atoms with Gasteiger partial charge in [-0.15, -0.1) is 0 Å². The number of rotatable bonds is 6. The molecule has 4 rings (SSSR count). The Hall–Kier alpha value is -2.33. The molecule has 2 fully saturated rings. The van der Waals surface area contributed by atoms with Gasteiger partial charge in [0.2, 0.25) is 0 Å². The molecule has 0 radical (unpaired) electrons. The number of carbonyl (C=O) groups is 1. The van der Waals surface area contributed by atoms with E-state index in [9.17, 15) is 4.79 Å². The average Bonchev–Trinajstić information content (AvgIpc) is 3.31. The van der Waals surface area contributed by atoms with Gasteiger partial charge in [0.1, 0.15) is 11.5 Å². The van der Waals surface area contributed by atoms with Gasteiger partial charge in [-0.25, -0.2) is 0 Å². The molecule has 0 aromatic heterocycles. The zero-order chi connectivity index (χ0) is 17.1. The highest BCUT2D eigenvalue weighted by molar-refractivity contribution is 5.97.